The molecule has 4 heteroatoms. The third-order valence-electron chi connectivity index (χ3n) is 3.77. The second kappa shape index (κ2) is 8.13. The highest BCUT2D eigenvalue weighted by Gasteiger charge is 2.20. The second-order valence-electron chi connectivity index (χ2n) is 5.45. The van der Waals surface area contributed by atoms with Gasteiger partial charge in [-0.15, -0.1) is 0 Å². The molecule has 4 nitrogen and oxygen atoms in total. The van der Waals surface area contributed by atoms with Crippen LogP contribution >= 0.6 is 0 Å². The van der Waals surface area contributed by atoms with Crippen LogP contribution in [0.2, 0.25) is 0 Å². The zero-order valence-corrected chi connectivity index (χ0v) is 13.2. The molecule has 120 valence electrons. The first-order valence-electron chi connectivity index (χ1n) is 7.73. The highest BCUT2D eigenvalue weighted by atomic mass is 16.4. The van der Waals surface area contributed by atoms with Gasteiger partial charge in [0, 0.05) is 6.42 Å². The molecule has 2 N–H and O–H groups in total. The summed E-state index contributed by atoms with van der Waals surface area (Å²) in [4.78, 5) is 23.6. The largest absolute Gasteiger partial charge is 0.480 e. The lowest BCUT2D eigenvalue weighted by molar-refractivity contribution is -0.141. The minimum Gasteiger partial charge on any atom is -0.480 e. The van der Waals surface area contributed by atoms with E-state index in [-0.39, 0.29) is 18.7 Å². The summed E-state index contributed by atoms with van der Waals surface area (Å²) in [6.45, 7) is 2.03. The Hall–Kier alpha value is -2.62. The lowest BCUT2D eigenvalue weighted by Gasteiger charge is -2.15. The number of carbonyl (C=O) groups is 2. The number of rotatable bonds is 7. The van der Waals surface area contributed by atoms with Gasteiger partial charge in [0.2, 0.25) is 5.91 Å². The highest BCUT2D eigenvalue weighted by molar-refractivity contribution is 5.85. The predicted molar refractivity (Wildman–Crippen MR) is 89.2 cm³/mol. The molecule has 0 saturated carbocycles. The Morgan fingerprint density at radius 1 is 1.00 bits per heavy atom. The van der Waals surface area contributed by atoms with Gasteiger partial charge in [-0.1, -0.05) is 61.5 Å². The molecule has 0 fully saturated rings. The SMILES string of the molecule is CCc1ccccc1CC(=O)N[C@@H](Cc1ccccc1)C(=O)O. The molecule has 0 aliphatic carbocycles. The summed E-state index contributed by atoms with van der Waals surface area (Å²) in [5.41, 5.74) is 2.93. The van der Waals surface area contributed by atoms with Gasteiger partial charge < -0.3 is 10.4 Å². The van der Waals surface area contributed by atoms with Crippen molar-refractivity contribution in [1.82, 2.24) is 5.32 Å². The van der Waals surface area contributed by atoms with Gasteiger partial charge in [-0.25, -0.2) is 4.79 Å². The van der Waals surface area contributed by atoms with Crippen LogP contribution < -0.4 is 5.32 Å². The van der Waals surface area contributed by atoms with E-state index in [0.717, 1.165) is 23.1 Å². The molecule has 0 heterocycles. The number of carbonyl (C=O) groups excluding carboxylic acids is 1. The molecular weight excluding hydrogens is 290 g/mol. The molecule has 0 bridgehead atoms. The third kappa shape index (κ3) is 4.95. The van der Waals surface area contributed by atoms with Crippen molar-refractivity contribution < 1.29 is 14.7 Å². The lowest BCUT2D eigenvalue weighted by Crippen LogP contribution is -2.43. The summed E-state index contributed by atoms with van der Waals surface area (Å²) in [5.74, 6) is -1.29. The molecule has 1 amide bonds. The van der Waals surface area contributed by atoms with Crippen molar-refractivity contribution in [2.24, 2.45) is 0 Å². The second-order valence-corrected chi connectivity index (χ2v) is 5.45. The zero-order valence-electron chi connectivity index (χ0n) is 13.2. The minimum atomic E-state index is -1.02. The fourth-order valence-corrected chi connectivity index (χ4v) is 2.54. The van der Waals surface area contributed by atoms with Crippen LogP contribution in [0, 0.1) is 0 Å². The van der Waals surface area contributed by atoms with E-state index in [1.54, 1.807) is 0 Å². The summed E-state index contributed by atoms with van der Waals surface area (Å²) < 4.78 is 0. The van der Waals surface area contributed by atoms with Crippen molar-refractivity contribution in [2.75, 3.05) is 0 Å². The van der Waals surface area contributed by atoms with Gasteiger partial charge in [0.25, 0.3) is 0 Å². The quantitative estimate of drug-likeness (QED) is 0.826. The smallest absolute Gasteiger partial charge is 0.326 e. The fraction of sp³-hybridized carbons (Fsp3) is 0.263. The first-order chi connectivity index (χ1) is 11.1. The number of carboxylic acid groups (broad SMARTS) is 1. The zero-order chi connectivity index (χ0) is 16.7. The van der Waals surface area contributed by atoms with E-state index in [0.29, 0.717) is 0 Å². The minimum absolute atomic E-state index is 0.197. The molecule has 0 radical (unpaired) electrons. The number of aryl methyl sites for hydroxylation is 1. The predicted octanol–water partition coefficient (Wildman–Crippen LogP) is 2.60. The van der Waals surface area contributed by atoms with Crippen LogP contribution in [0.4, 0.5) is 0 Å². The van der Waals surface area contributed by atoms with E-state index < -0.39 is 12.0 Å². The average molecular weight is 311 g/mol. The van der Waals surface area contributed by atoms with Crippen LogP contribution in [0.15, 0.2) is 54.6 Å². The first kappa shape index (κ1) is 16.7. The van der Waals surface area contributed by atoms with Crippen LogP contribution in [0.1, 0.15) is 23.6 Å². The van der Waals surface area contributed by atoms with Crippen LogP contribution in [-0.2, 0) is 28.9 Å². The number of hydrogen-bond donors (Lipinski definition) is 2. The van der Waals surface area contributed by atoms with Crippen molar-refractivity contribution in [3.63, 3.8) is 0 Å². The Morgan fingerprint density at radius 3 is 2.22 bits per heavy atom. The van der Waals surface area contributed by atoms with Gasteiger partial charge in [-0.05, 0) is 23.1 Å². The molecular formula is C19H21NO3. The Morgan fingerprint density at radius 2 is 1.61 bits per heavy atom. The Bertz CT molecular complexity index is 667. The van der Waals surface area contributed by atoms with Gasteiger partial charge in [0.1, 0.15) is 6.04 Å². The molecule has 1 atom stereocenters. The van der Waals surface area contributed by atoms with E-state index in [1.165, 1.54) is 0 Å². The summed E-state index contributed by atoms with van der Waals surface area (Å²) in [6.07, 6.45) is 1.32. The maximum atomic E-state index is 12.2. The number of amides is 1. The number of carboxylic acids is 1. The van der Waals surface area contributed by atoms with Crippen molar-refractivity contribution in [2.45, 2.75) is 32.2 Å². The molecule has 2 aromatic carbocycles. The van der Waals surface area contributed by atoms with Crippen molar-refractivity contribution >= 4 is 11.9 Å². The molecule has 2 aromatic rings. The molecule has 0 aliphatic rings. The standard InChI is InChI=1S/C19H21NO3/c1-2-15-10-6-7-11-16(15)13-18(21)20-17(19(22)23)12-14-8-4-3-5-9-14/h3-11,17H,2,12-13H2,1H3,(H,20,21)(H,22,23)/t17-/m0/s1. The van der Waals surface area contributed by atoms with Crippen molar-refractivity contribution in [3.8, 4) is 0 Å². The Balaban J connectivity index is 2.02. The van der Waals surface area contributed by atoms with E-state index in [2.05, 4.69) is 5.32 Å². The Labute approximate surface area is 136 Å². The van der Waals surface area contributed by atoms with Gasteiger partial charge in [-0.3, -0.25) is 4.79 Å². The molecule has 0 aliphatic heterocycles. The van der Waals surface area contributed by atoms with Crippen molar-refractivity contribution in [3.05, 3.63) is 71.3 Å². The third-order valence-corrected chi connectivity index (χ3v) is 3.77. The first-order valence-corrected chi connectivity index (χ1v) is 7.73. The Kier molecular flexibility index (Phi) is 5.92. The van der Waals surface area contributed by atoms with Gasteiger partial charge >= 0.3 is 5.97 Å². The van der Waals surface area contributed by atoms with Crippen LogP contribution in [-0.4, -0.2) is 23.0 Å². The van der Waals surface area contributed by atoms with Crippen molar-refractivity contribution in [1.29, 1.82) is 0 Å². The summed E-state index contributed by atoms with van der Waals surface area (Å²) in [7, 11) is 0. The van der Waals surface area contributed by atoms with E-state index in [9.17, 15) is 14.7 Å². The van der Waals surface area contributed by atoms with Crippen LogP contribution in [0.5, 0.6) is 0 Å². The number of benzene rings is 2. The molecule has 0 saturated heterocycles. The molecule has 0 spiro atoms. The topological polar surface area (TPSA) is 66.4 Å². The van der Waals surface area contributed by atoms with Crippen LogP contribution in [0.25, 0.3) is 0 Å². The molecule has 0 aromatic heterocycles. The maximum absolute atomic E-state index is 12.2. The lowest BCUT2D eigenvalue weighted by atomic mass is 10.0. The summed E-state index contributed by atoms with van der Waals surface area (Å²) in [6, 6.07) is 16.1. The monoisotopic (exact) mass is 311 g/mol. The summed E-state index contributed by atoms with van der Waals surface area (Å²) in [5, 5.41) is 12.0. The molecule has 23 heavy (non-hydrogen) atoms. The maximum Gasteiger partial charge on any atom is 0.326 e. The highest BCUT2D eigenvalue weighted by Crippen LogP contribution is 2.11. The van der Waals surface area contributed by atoms with E-state index in [1.807, 2.05) is 61.5 Å². The fourth-order valence-electron chi connectivity index (χ4n) is 2.54. The summed E-state index contributed by atoms with van der Waals surface area (Å²) >= 11 is 0. The van der Waals surface area contributed by atoms with E-state index >= 15 is 0 Å². The molecule has 0 unspecified atom stereocenters. The van der Waals surface area contributed by atoms with E-state index in [4.69, 9.17) is 0 Å². The number of aliphatic carboxylic acids is 1. The van der Waals surface area contributed by atoms with Gasteiger partial charge in [0.05, 0.1) is 6.42 Å². The van der Waals surface area contributed by atoms with Crippen LogP contribution in [0.3, 0.4) is 0 Å². The number of nitrogens with one attached hydrogen (secondary N) is 1. The van der Waals surface area contributed by atoms with Gasteiger partial charge in [-0.2, -0.15) is 0 Å². The molecule has 2 rings (SSSR count). The average Bonchev–Trinajstić information content (AvgIpc) is 2.55. The number of hydrogen-bond acceptors (Lipinski definition) is 2. The van der Waals surface area contributed by atoms with Gasteiger partial charge in [0.15, 0.2) is 0 Å². The normalized spacial score (nSPS) is 11.7.